The molecular weight excluding hydrogens is 308 g/mol. The number of piperidine rings is 2. The lowest BCUT2D eigenvalue weighted by Crippen LogP contribution is -2.62. The Hall–Kier alpha value is -1.02. The highest BCUT2D eigenvalue weighted by molar-refractivity contribution is 5.00. The number of hydrogen-bond donors (Lipinski definition) is 1. The summed E-state index contributed by atoms with van der Waals surface area (Å²) in [5.74, 6) is 1.15. The van der Waals surface area contributed by atoms with Crippen LogP contribution in [0.5, 0.6) is 0 Å². The fourth-order valence-electron chi connectivity index (χ4n) is 4.21. The van der Waals surface area contributed by atoms with E-state index in [1.165, 1.54) is 12.8 Å². The van der Waals surface area contributed by atoms with Crippen molar-refractivity contribution in [2.24, 2.45) is 0 Å². The van der Waals surface area contributed by atoms with E-state index in [0.29, 0.717) is 37.5 Å². The third-order valence-corrected chi connectivity index (χ3v) is 5.38. The molecule has 0 amide bonds. The fraction of sp³-hybridized carbons (Fsp3) is 0.882. The molecule has 2 aliphatic rings. The quantitative estimate of drug-likeness (QED) is 0.806. The van der Waals surface area contributed by atoms with Crippen LogP contribution in [-0.2, 0) is 17.9 Å². The molecule has 0 aromatic carbocycles. The molecule has 1 aromatic heterocycles. The van der Waals surface area contributed by atoms with E-state index in [1.54, 1.807) is 7.11 Å². The minimum Gasteiger partial charge on any atom is -0.387 e. The standard InChI is InChI=1S/C17H30N4O3/c1-3-20(11-16-18-15(12-23-2)19-24-16)13-17(22)8-6-10-21-9-5-4-7-14(17)21/h14,22H,3-13H2,1-2H3/t14-,17-/m1/s1. The first-order valence-corrected chi connectivity index (χ1v) is 9.14. The molecule has 7 nitrogen and oxygen atoms in total. The van der Waals surface area contributed by atoms with E-state index < -0.39 is 5.60 Å². The molecule has 2 saturated heterocycles. The zero-order valence-electron chi connectivity index (χ0n) is 14.9. The molecule has 0 spiro atoms. The molecule has 3 heterocycles. The molecule has 2 atom stereocenters. The van der Waals surface area contributed by atoms with Crippen molar-refractivity contribution in [1.29, 1.82) is 0 Å². The minimum absolute atomic E-state index is 0.292. The SMILES string of the molecule is CCN(Cc1nc(COC)no1)C[C@]1(O)CCCN2CCCC[C@@H]21. The molecule has 0 unspecified atom stereocenters. The van der Waals surface area contributed by atoms with Crippen LogP contribution in [0.2, 0.25) is 0 Å². The highest BCUT2D eigenvalue weighted by Gasteiger charge is 2.44. The Morgan fingerprint density at radius 3 is 3.00 bits per heavy atom. The van der Waals surface area contributed by atoms with Gasteiger partial charge in [0.2, 0.25) is 5.89 Å². The molecule has 0 saturated carbocycles. The van der Waals surface area contributed by atoms with Gasteiger partial charge in [0.25, 0.3) is 0 Å². The van der Waals surface area contributed by atoms with E-state index in [9.17, 15) is 5.11 Å². The highest BCUT2D eigenvalue weighted by Crippen LogP contribution is 2.34. The lowest BCUT2D eigenvalue weighted by Gasteiger charge is -2.50. The van der Waals surface area contributed by atoms with Gasteiger partial charge in [-0.15, -0.1) is 0 Å². The zero-order valence-corrected chi connectivity index (χ0v) is 14.9. The number of nitrogens with zero attached hydrogens (tertiary/aromatic N) is 4. The Morgan fingerprint density at radius 1 is 1.38 bits per heavy atom. The summed E-state index contributed by atoms with van der Waals surface area (Å²) in [7, 11) is 1.61. The van der Waals surface area contributed by atoms with Crippen LogP contribution in [0.1, 0.15) is 50.7 Å². The molecular formula is C17H30N4O3. The Kier molecular flexibility index (Phi) is 5.86. The van der Waals surface area contributed by atoms with E-state index in [1.807, 2.05) is 0 Å². The van der Waals surface area contributed by atoms with Crippen LogP contribution in [0.4, 0.5) is 0 Å². The molecule has 24 heavy (non-hydrogen) atoms. The normalized spacial score (nSPS) is 28.2. The third-order valence-electron chi connectivity index (χ3n) is 5.38. The van der Waals surface area contributed by atoms with Crippen molar-refractivity contribution in [3.63, 3.8) is 0 Å². The molecule has 2 aliphatic heterocycles. The predicted molar refractivity (Wildman–Crippen MR) is 89.4 cm³/mol. The van der Waals surface area contributed by atoms with Gasteiger partial charge < -0.3 is 14.4 Å². The van der Waals surface area contributed by atoms with Crippen molar-refractivity contribution in [2.45, 2.75) is 63.8 Å². The number of rotatable bonds is 7. The topological polar surface area (TPSA) is 74.9 Å². The van der Waals surface area contributed by atoms with Crippen LogP contribution in [0.25, 0.3) is 0 Å². The van der Waals surface area contributed by atoms with Gasteiger partial charge in [-0.05, 0) is 45.3 Å². The average molecular weight is 338 g/mol. The van der Waals surface area contributed by atoms with Gasteiger partial charge >= 0.3 is 0 Å². The molecule has 1 N–H and O–H groups in total. The Bertz CT molecular complexity index is 522. The van der Waals surface area contributed by atoms with Crippen molar-refractivity contribution in [3.05, 3.63) is 11.7 Å². The third kappa shape index (κ3) is 3.96. The van der Waals surface area contributed by atoms with Gasteiger partial charge in [0.15, 0.2) is 5.82 Å². The van der Waals surface area contributed by atoms with Crippen molar-refractivity contribution >= 4 is 0 Å². The molecule has 2 fully saturated rings. The molecule has 0 aliphatic carbocycles. The largest absolute Gasteiger partial charge is 0.387 e. The molecule has 0 radical (unpaired) electrons. The number of methoxy groups -OCH3 is 1. The maximum Gasteiger partial charge on any atom is 0.240 e. The second kappa shape index (κ2) is 7.91. The van der Waals surface area contributed by atoms with Crippen molar-refractivity contribution < 1.29 is 14.4 Å². The summed E-state index contributed by atoms with van der Waals surface area (Å²) in [6, 6.07) is 0.292. The van der Waals surface area contributed by atoms with Gasteiger partial charge in [0.1, 0.15) is 6.61 Å². The van der Waals surface area contributed by atoms with Crippen LogP contribution in [0.15, 0.2) is 4.52 Å². The summed E-state index contributed by atoms with van der Waals surface area (Å²) in [6.07, 6.45) is 5.53. The van der Waals surface area contributed by atoms with Crippen molar-refractivity contribution in [2.75, 3.05) is 33.3 Å². The zero-order chi connectivity index (χ0) is 17.0. The monoisotopic (exact) mass is 338 g/mol. The first-order valence-electron chi connectivity index (χ1n) is 9.14. The minimum atomic E-state index is -0.635. The summed E-state index contributed by atoms with van der Waals surface area (Å²) >= 11 is 0. The van der Waals surface area contributed by atoms with Gasteiger partial charge in [-0.3, -0.25) is 9.80 Å². The van der Waals surface area contributed by atoms with Gasteiger partial charge in [0, 0.05) is 19.7 Å². The number of aromatic nitrogens is 2. The summed E-state index contributed by atoms with van der Waals surface area (Å²) in [5.41, 5.74) is -0.635. The number of hydrogen-bond acceptors (Lipinski definition) is 7. The number of likely N-dealkylation sites (N-methyl/N-ethyl adjacent to an activating group) is 1. The Balaban J connectivity index is 1.64. The van der Waals surface area contributed by atoms with Gasteiger partial charge in [0.05, 0.1) is 12.1 Å². The lowest BCUT2D eigenvalue weighted by atomic mass is 9.79. The van der Waals surface area contributed by atoms with E-state index in [0.717, 1.165) is 38.9 Å². The molecule has 136 valence electrons. The molecule has 7 heteroatoms. The lowest BCUT2D eigenvalue weighted by molar-refractivity contribution is -0.110. The maximum atomic E-state index is 11.4. The average Bonchev–Trinajstić information content (AvgIpc) is 3.02. The van der Waals surface area contributed by atoms with Gasteiger partial charge in [-0.2, -0.15) is 4.98 Å². The van der Waals surface area contributed by atoms with E-state index >= 15 is 0 Å². The first-order chi connectivity index (χ1) is 11.6. The van der Waals surface area contributed by atoms with Crippen molar-refractivity contribution in [3.8, 4) is 0 Å². The van der Waals surface area contributed by atoms with Crippen LogP contribution in [0.3, 0.4) is 0 Å². The number of aliphatic hydroxyl groups is 1. The second-order valence-electron chi connectivity index (χ2n) is 7.10. The fourth-order valence-corrected chi connectivity index (χ4v) is 4.21. The molecule has 1 aromatic rings. The summed E-state index contributed by atoms with van der Waals surface area (Å²) in [6.45, 7) is 6.80. The van der Waals surface area contributed by atoms with E-state index in [-0.39, 0.29) is 0 Å². The van der Waals surface area contributed by atoms with Crippen LogP contribution < -0.4 is 0 Å². The van der Waals surface area contributed by atoms with Crippen LogP contribution in [0, 0.1) is 0 Å². The Morgan fingerprint density at radius 2 is 2.21 bits per heavy atom. The number of ether oxygens (including phenoxy) is 1. The second-order valence-corrected chi connectivity index (χ2v) is 7.10. The summed E-state index contributed by atoms with van der Waals surface area (Å²) < 4.78 is 10.3. The maximum absolute atomic E-state index is 11.4. The van der Waals surface area contributed by atoms with E-state index in [4.69, 9.17) is 9.26 Å². The molecule has 3 rings (SSSR count). The van der Waals surface area contributed by atoms with Gasteiger partial charge in [-0.25, -0.2) is 0 Å². The Labute approximate surface area is 144 Å². The number of fused-ring (bicyclic) bond motifs is 1. The molecule has 0 bridgehead atoms. The smallest absolute Gasteiger partial charge is 0.240 e. The van der Waals surface area contributed by atoms with Gasteiger partial charge in [-0.1, -0.05) is 18.5 Å². The highest BCUT2D eigenvalue weighted by atomic mass is 16.5. The van der Waals surface area contributed by atoms with Crippen LogP contribution >= 0.6 is 0 Å². The summed E-state index contributed by atoms with van der Waals surface area (Å²) in [4.78, 5) is 9.05. The predicted octanol–water partition coefficient (Wildman–Crippen LogP) is 1.42. The van der Waals surface area contributed by atoms with E-state index in [2.05, 4.69) is 26.9 Å². The first kappa shape index (κ1) is 17.8. The van der Waals surface area contributed by atoms with Crippen LogP contribution in [-0.4, -0.2) is 70.0 Å². The van der Waals surface area contributed by atoms with Crippen molar-refractivity contribution in [1.82, 2.24) is 19.9 Å². The summed E-state index contributed by atoms with van der Waals surface area (Å²) in [5, 5.41) is 15.3.